The van der Waals surface area contributed by atoms with Crippen LogP contribution < -0.4 is 5.32 Å². The van der Waals surface area contributed by atoms with Gasteiger partial charge in [0.25, 0.3) is 0 Å². The monoisotopic (exact) mass is 227 g/mol. The third-order valence-corrected chi connectivity index (χ3v) is 1.38. The molecular weight excluding hydrogens is 219 g/mol. The SMILES string of the molecule is COC(=O)[C@@H](CC=O)NC(=O)C(F)(F)F. The molecule has 0 heterocycles. The summed E-state index contributed by atoms with van der Waals surface area (Å²) in [4.78, 5) is 31.2. The van der Waals surface area contributed by atoms with Crippen LogP contribution >= 0.6 is 0 Å². The Balaban J connectivity index is 4.48. The topological polar surface area (TPSA) is 72.5 Å². The second kappa shape index (κ2) is 5.32. The van der Waals surface area contributed by atoms with Crippen molar-refractivity contribution in [2.75, 3.05) is 7.11 Å². The number of carbonyl (C=O) groups excluding carboxylic acids is 3. The minimum absolute atomic E-state index is 0.207. The summed E-state index contributed by atoms with van der Waals surface area (Å²) >= 11 is 0. The zero-order valence-corrected chi connectivity index (χ0v) is 7.63. The van der Waals surface area contributed by atoms with Gasteiger partial charge in [0.1, 0.15) is 12.3 Å². The number of halogens is 3. The third kappa shape index (κ3) is 4.43. The highest BCUT2D eigenvalue weighted by molar-refractivity contribution is 5.88. The van der Waals surface area contributed by atoms with E-state index in [1.807, 2.05) is 0 Å². The van der Waals surface area contributed by atoms with Crippen LogP contribution in [0.25, 0.3) is 0 Å². The number of aldehydes is 1. The van der Waals surface area contributed by atoms with E-state index in [1.54, 1.807) is 0 Å². The largest absolute Gasteiger partial charge is 0.471 e. The maximum absolute atomic E-state index is 11.8. The van der Waals surface area contributed by atoms with Crippen molar-refractivity contribution in [2.24, 2.45) is 0 Å². The molecule has 86 valence electrons. The van der Waals surface area contributed by atoms with Crippen LogP contribution in [0.5, 0.6) is 0 Å². The second-order valence-corrected chi connectivity index (χ2v) is 2.45. The summed E-state index contributed by atoms with van der Waals surface area (Å²) in [7, 11) is 0.930. The van der Waals surface area contributed by atoms with E-state index in [9.17, 15) is 27.6 Å². The van der Waals surface area contributed by atoms with Crippen molar-refractivity contribution in [3.05, 3.63) is 0 Å². The van der Waals surface area contributed by atoms with Crippen LogP contribution in [-0.4, -0.2) is 37.5 Å². The lowest BCUT2D eigenvalue weighted by atomic mass is 10.2. The third-order valence-electron chi connectivity index (χ3n) is 1.38. The number of esters is 1. The lowest BCUT2D eigenvalue weighted by Crippen LogP contribution is -2.47. The number of nitrogens with one attached hydrogen (secondary N) is 1. The number of ether oxygens (including phenoxy) is 1. The highest BCUT2D eigenvalue weighted by Crippen LogP contribution is 2.14. The molecule has 0 aromatic carbocycles. The molecule has 0 aliphatic carbocycles. The molecule has 8 heteroatoms. The highest BCUT2D eigenvalue weighted by Gasteiger charge is 2.40. The first-order valence-corrected chi connectivity index (χ1v) is 3.72. The molecule has 5 nitrogen and oxygen atoms in total. The molecule has 0 saturated carbocycles. The van der Waals surface area contributed by atoms with Gasteiger partial charge in [-0.15, -0.1) is 0 Å². The molecule has 1 amide bonds. The van der Waals surface area contributed by atoms with E-state index in [-0.39, 0.29) is 6.29 Å². The predicted octanol–water partition coefficient (Wildman–Crippen LogP) is -0.205. The lowest BCUT2D eigenvalue weighted by Gasteiger charge is -2.14. The van der Waals surface area contributed by atoms with Crippen LogP contribution in [0.3, 0.4) is 0 Å². The molecule has 0 aromatic rings. The van der Waals surface area contributed by atoms with Crippen LogP contribution in [0.4, 0.5) is 13.2 Å². The fourth-order valence-electron chi connectivity index (χ4n) is 0.693. The van der Waals surface area contributed by atoms with Gasteiger partial charge in [0.2, 0.25) is 0 Å². The first-order valence-electron chi connectivity index (χ1n) is 3.72. The summed E-state index contributed by atoms with van der Waals surface area (Å²) in [5.41, 5.74) is 0. The Labute approximate surface area is 82.6 Å². The van der Waals surface area contributed by atoms with E-state index < -0.39 is 30.5 Å². The molecule has 0 spiro atoms. The van der Waals surface area contributed by atoms with Crippen LogP contribution in [-0.2, 0) is 19.1 Å². The Morgan fingerprint density at radius 2 is 2.00 bits per heavy atom. The van der Waals surface area contributed by atoms with Gasteiger partial charge in [0.05, 0.1) is 7.11 Å². The number of methoxy groups -OCH3 is 1. The zero-order valence-electron chi connectivity index (χ0n) is 7.63. The quantitative estimate of drug-likeness (QED) is 0.533. The Morgan fingerprint density at radius 3 is 2.33 bits per heavy atom. The minimum Gasteiger partial charge on any atom is -0.467 e. The summed E-state index contributed by atoms with van der Waals surface area (Å²) in [6.07, 6.45) is -5.47. The van der Waals surface area contributed by atoms with E-state index in [1.165, 1.54) is 5.32 Å². The molecule has 0 aliphatic heterocycles. The van der Waals surface area contributed by atoms with Gasteiger partial charge in [-0.25, -0.2) is 4.79 Å². The second-order valence-electron chi connectivity index (χ2n) is 2.45. The maximum atomic E-state index is 11.8. The molecular formula is C7H8F3NO4. The van der Waals surface area contributed by atoms with Gasteiger partial charge in [0.15, 0.2) is 0 Å². The highest BCUT2D eigenvalue weighted by atomic mass is 19.4. The van der Waals surface area contributed by atoms with Crippen LogP contribution in [0.1, 0.15) is 6.42 Å². The number of alkyl halides is 3. The van der Waals surface area contributed by atoms with E-state index in [0.29, 0.717) is 0 Å². The Hall–Kier alpha value is -1.60. The van der Waals surface area contributed by atoms with E-state index >= 15 is 0 Å². The fraction of sp³-hybridized carbons (Fsp3) is 0.571. The van der Waals surface area contributed by atoms with Crippen molar-refractivity contribution < 1.29 is 32.3 Å². The van der Waals surface area contributed by atoms with Crippen molar-refractivity contribution in [3.8, 4) is 0 Å². The molecule has 0 radical (unpaired) electrons. The Kier molecular flexibility index (Phi) is 4.75. The standard InChI is InChI=1S/C7H8F3NO4/c1-15-5(13)4(2-3-12)11-6(14)7(8,9)10/h3-4H,2H2,1H3,(H,11,14)/t4-/m1/s1. The normalized spacial score (nSPS) is 12.8. The Bertz CT molecular complexity index is 263. The first kappa shape index (κ1) is 13.4. The zero-order chi connectivity index (χ0) is 12.1. The lowest BCUT2D eigenvalue weighted by molar-refractivity contribution is -0.175. The molecule has 0 unspecified atom stereocenters. The van der Waals surface area contributed by atoms with Gasteiger partial charge in [-0.1, -0.05) is 0 Å². The average Bonchev–Trinajstić information content (AvgIpc) is 2.14. The van der Waals surface area contributed by atoms with E-state index in [4.69, 9.17) is 0 Å². The fourth-order valence-corrected chi connectivity index (χ4v) is 0.693. The number of hydrogen-bond donors (Lipinski definition) is 1. The van der Waals surface area contributed by atoms with Crippen molar-refractivity contribution in [1.29, 1.82) is 0 Å². The van der Waals surface area contributed by atoms with E-state index in [2.05, 4.69) is 4.74 Å². The van der Waals surface area contributed by atoms with Gasteiger partial charge < -0.3 is 14.8 Å². The number of carbonyl (C=O) groups is 3. The molecule has 0 bridgehead atoms. The summed E-state index contributed by atoms with van der Waals surface area (Å²) in [5, 5.41) is 1.34. The van der Waals surface area contributed by atoms with Crippen molar-refractivity contribution in [2.45, 2.75) is 18.6 Å². The summed E-state index contributed by atoms with van der Waals surface area (Å²) in [6, 6.07) is -1.61. The van der Waals surface area contributed by atoms with Gasteiger partial charge >= 0.3 is 18.1 Å². The molecule has 0 aliphatic rings. The molecule has 0 aromatic heterocycles. The first-order chi connectivity index (χ1) is 6.82. The van der Waals surface area contributed by atoms with Crippen LogP contribution in [0.2, 0.25) is 0 Å². The Morgan fingerprint density at radius 1 is 1.47 bits per heavy atom. The number of rotatable bonds is 4. The van der Waals surface area contributed by atoms with Gasteiger partial charge in [0, 0.05) is 6.42 Å². The van der Waals surface area contributed by atoms with Crippen molar-refractivity contribution in [3.63, 3.8) is 0 Å². The van der Waals surface area contributed by atoms with Gasteiger partial charge in [-0.3, -0.25) is 4.79 Å². The molecule has 1 N–H and O–H groups in total. The number of amides is 1. The van der Waals surface area contributed by atoms with Gasteiger partial charge in [-0.2, -0.15) is 13.2 Å². The van der Waals surface area contributed by atoms with Crippen molar-refractivity contribution in [1.82, 2.24) is 5.32 Å². The minimum atomic E-state index is -5.10. The maximum Gasteiger partial charge on any atom is 0.471 e. The predicted molar refractivity (Wildman–Crippen MR) is 40.7 cm³/mol. The average molecular weight is 227 g/mol. The van der Waals surface area contributed by atoms with Gasteiger partial charge in [-0.05, 0) is 0 Å². The molecule has 0 saturated heterocycles. The van der Waals surface area contributed by atoms with E-state index in [0.717, 1.165) is 7.11 Å². The summed E-state index contributed by atoms with van der Waals surface area (Å²) in [5.74, 6) is -3.40. The summed E-state index contributed by atoms with van der Waals surface area (Å²) < 4.78 is 39.4. The van der Waals surface area contributed by atoms with Crippen LogP contribution in [0, 0.1) is 0 Å². The molecule has 15 heavy (non-hydrogen) atoms. The molecule has 0 fully saturated rings. The van der Waals surface area contributed by atoms with Crippen molar-refractivity contribution >= 4 is 18.2 Å². The molecule has 1 atom stereocenters. The summed E-state index contributed by atoms with van der Waals surface area (Å²) in [6.45, 7) is 0. The van der Waals surface area contributed by atoms with Crippen LogP contribution in [0.15, 0.2) is 0 Å². The number of hydrogen-bond acceptors (Lipinski definition) is 4. The molecule has 0 rings (SSSR count). The smallest absolute Gasteiger partial charge is 0.467 e.